The second-order valence-corrected chi connectivity index (χ2v) is 5.49. The van der Waals surface area contributed by atoms with Crippen LogP contribution in [0.5, 0.6) is 0 Å². The lowest BCUT2D eigenvalue weighted by molar-refractivity contribution is -0.0235. The largest absolute Gasteiger partial charge is 0.394 e. The zero-order chi connectivity index (χ0) is 14.0. The first-order chi connectivity index (χ1) is 9.06. The Balaban J connectivity index is 2.38. The van der Waals surface area contributed by atoms with Gasteiger partial charge >= 0.3 is 5.69 Å². The number of H-pyrrole nitrogens is 1. The van der Waals surface area contributed by atoms with Gasteiger partial charge in [0.2, 0.25) is 0 Å². The Hall–Kier alpha value is -1.12. The molecule has 1 aliphatic rings. The molecule has 1 aromatic rings. The Labute approximate surface area is 118 Å². The van der Waals surface area contributed by atoms with Crippen LogP contribution in [0.3, 0.4) is 0 Å². The number of nitrogens with zero attached hydrogens (tertiary/aromatic N) is 1. The molecule has 6 nitrogen and oxygen atoms in total. The topological polar surface area (TPSA) is 84.3 Å². The summed E-state index contributed by atoms with van der Waals surface area (Å²) >= 11 is 3.40. The maximum atomic E-state index is 11.8. The average molecular weight is 329 g/mol. The molecule has 0 amide bonds. The van der Waals surface area contributed by atoms with Gasteiger partial charge < -0.3 is 9.84 Å². The van der Waals surface area contributed by atoms with Crippen LogP contribution in [0, 0.1) is 0 Å². The normalized spacial score (nSPS) is 27.2. The summed E-state index contributed by atoms with van der Waals surface area (Å²) in [6.07, 6.45) is 2.81. The summed E-state index contributed by atoms with van der Waals surface area (Å²) in [7, 11) is 1.79. The van der Waals surface area contributed by atoms with Crippen LogP contribution >= 0.6 is 15.9 Å². The van der Waals surface area contributed by atoms with E-state index >= 15 is 0 Å². The number of rotatable bonds is 3. The lowest BCUT2D eigenvalue weighted by Gasteiger charge is -2.14. The van der Waals surface area contributed by atoms with Crippen molar-refractivity contribution in [1.29, 1.82) is 0 Å². The molecule has 0 aromatic carbocycles. The number of ether oxygens (including phenoxy) is 1. The molecule has 0 bridgehead atoms. The van der Waals surface area contributed by atoms with Gasteiger partial charge in [0.25, 0.3) is 5.56 Å². The summed E-state index contributed by atoms with van der Waals surface area (Å²) in [5, 5.41) is 9.14. The third-order valence-electron chi connectivity index (χ3n) is 2.99. The molecule has 102 valence electrons. The maximum absolute atomic E-state index is 11.8. The van der Waals surface area contributed by atoms with Gasteiger partial charge in [0, 0.05) is 17.4 Å². The molecule has 1 aromatic heterocycles. The van der Waals surface area contributed by atoms with E-state index in [0.29, 0.717) is 12.0 Å². The van der Waals surface area contributed by atoms with Crippen LogP contribution in [0.2, 0.25) is 0 Å². The number of aromatic nitrogens is 2. The third-order valence-corrected chi connectivity index (χ3v) is 3.96. The standard InChI is InChI=1S/C11H14BBrN2O4/c12-2-1-6-4-15(11(18)14-10(6)17)9-3-7(13)8(5-16)19-9/h1-2,4,7-9,16H,3,5,12H2,(H,14,17,18)/b2-1+. The highest BCUT2D eigenvalue weighted by molar-refractivity contribution is 9.09. The predicted octanol–water partition coefficient (Wildman–Crippen LogP) is -0.816. The fourth-order valence-electron chi connectivity index (χ4n) is 2.04. The molecule has 2 N–H and O–H groups in total. The van der Waals surface area contributed by atoms with Crippen molar-refractivity contribution in [2.24, 2.45) is 0 Å². The number of halogens is 1. The first-order valence-corrected chi connectivity index (χ1v) is 6.87. The Kier molecular flexibility index (Phi) is 4.44. The zero-order valence-corrected chi connectivity index (χ0v) is 12.0. The van der Waals surface area contributed by atoms with Gasteiger partial charge in [-0.05, 0) is 0 Å². The van der Waals surface area contributed by atoms with E-state index in [1.807, 2.05) is 0 Å². The highest BCUT2D eigenvalue weighted by Crippen LogP contribution is 2.32. The molecule has 0 radical (unpaired) electrons. The van der Waals surface area contributed by atoms with E-state index in [4.69, 9.17) is 9.84 Å². The molecule has 2 rings (SSSR count). The van der Waals surface area contributed by atoms with E-state index in [0.717, 1.165) is 0 Å². The van der Waals surface area contributed by atoms with E-state index in [9.17, 15) is 9.59 Å². The van der Waals surface area contributed by atoms with Crippen molar-refractivity contribution in [2.45, 2.75) is 23.6 Å². The van der Waals surface area contributed by atoms with Gasteiger partial charge in [0.15, 0.2) is 0 Å². The maximum Gasteiger partial charge on any atom is 0.330 e. The monoisotopic (exact) mass is 328 g/mol. The summed E-state index contributed by atoms with van der Waals surface area (Å²) in [4.78, 5) is 25.6. The van der Waals surface area contributed by atoms with Crippen molar-refractivity contribution < 1.29 is 9.84 Å². The van der Waals surface area contributed by atoms with E-state index < -0.39 is 17.5 Å². The summed E-state index contributed by atoms with van der Waals surface area (Å²) in [5.74, 6) is 1.72. The van der Waals surface area contributed by atoms with Crippen molar-refractivity contribution >= 4 is 29.9 Å². The number of hydrogen-bond acceptors (Lipinski definition) is 4. The molecule has 2 heterocycles. The quantitative estimate of drug-likeness (QED) is 0.561. The van der Waals surface area contributed by atoms with Gasteiger partial charge in [-0.15, -0.1) is 5.98 Å². The van der Waals surface area contributed by atoms with E-state index in [-0.39, 0.29) is 17.5 Å². The number of aliphatic hydroxyl groups is 1. The predicted molar refractivity (Wildman–Crippen MR) is 77.2 cm³/mol. The molecule has 3 unspecified atom stereocenters. The fourth-order valence-corrected chi connectivity index (χ4v) is 2.65. The summed E-state index contributed by atoms with van der Waals surface area (Å²) < 4.78 is 6.93. The number of aromatic amines is 1. The smallest absolute Gasteiger partial charge is 0.330 e. The minimum Gasteiger partial charge on any atom is -0.394 e. The molecule has 19 heavy (non-hydrogen) atoms. The van der Waals surface area contributed by atoms with Crippen LogP contribution in [0.25, 0.3) is 6.08 Å². The van der Waals surface area contributed by atoms with Gasteiger partial charge in [-0.3, -0.25) is 14.3 Å². The molecular weight excluding hydrogens is 315 g/mol. The van der Waals surface area contributed by atoms with Gasteiger partial charge in [0.05, 0.1) is 18.3 Å². The minimum atomic E-state index is -0.512. The van der Waals surface area contributed by atoms with Crippen LogP contribution in [-0.4, -0.2) is 40.0 Å². The zero-order valence-electron chi connectivity index (χ0n) is 10.4. The molecular formula is C11H14BBrN2O4. The second kappa shape index (κ2) is 5.89. The highest BCUT2D eigenvalue weighted by atomic mass is 79.9. The minimum absolute atomic E-state index is 0.0218. The summed E-state index contributed by atoms with van der Waals surface area (Å²) in [5.41, 5.74) is -0.544. The van der Waals surface area contributed by atoms with E-state index in [2.05, 4.69) is 20.9 Å². The Bertz CT molecular complexity index is 597. The molecule has 1 saturated heterocycles. The Morgan fingerprint density at radius 1 is 1.63 bits per heavy atom. The summed E-state index contributed by atoms with van der Waals surface area (Å²) in [6, 6.07) is 0. The highest BCUT2D eigenvalue weighted by Gasteiger charge is 2.34. The van der Waals surface area contributed by atoms with Crippen molar-refractivity contribution in [1.82, 2.24) is 9.55 Å². The molecule has 0 spiro atoms. The van der Waals surface area contributed by atoms with Gasteiger partial charge in [-0.2, -0.15) is 0 Å². The number of hydrogen-bond donors (Lipinski definition) is 2. The Morgan fingerprint density at radius 3 is 2.95 bits per heavy atom. The van der Waals surface area contributed by atoms with Crippen molar-refractivity contribution in [3.8, 4) is 0 Å². The molecule has 0 aliphatic carbocycles. The van der Waals surface area contributed by atoms with Crippen molar-refractivity contribution in [3.05, 3.63) is 38.6 Å². The molecule has 8 heteroatoms. The van der Waals surface area contributed by atoms with Crippen LogP contribution in [0.15, 0.2) is 21.8 Å². The lowest BCUT2D eigenvalue weighted by atomic mass is 10.1. The molecule has 1 fully saturated rings. The molecule has 1 aliphatic heterocycles. The van der Waals surface area contributed by atoms with Gasteiger partial charge in [0.1, 0.15) is 14.1 Å². The lowest BCUT2D eigenvalue weighted by Crippen LogP contribution is -2.33. The number of aliphatic hydroxyl groups excluding tert-OH is 1. The molecule has 3 atom stereocenters. The van der Waals surface area contributed by atoms with Crippen LogP contribution in [0.4, 0.5) is 0 Å². The average Bonchev–Trinajstić information content (AvgIpc) is 2.74. The van der Waals surface area contributed by atoms with E-state index in [1.54, 1.807) is 19.9 Å². The fraction of sp³-hybridized carbons (Fsp3) is 0.455. The first-order valence-electron chi connectivity index (χ1n) is 5.95. The second-order valence-electron chi connectivity index (χ2n) is 4.31. The number of nitrogens with one attached hydrogen (secondary N) is 1. The van der Waals surface area contributed by atoms with Crippen LogP contribution in [-0.2, 0) is 4.74 Å². The Morgan fingerprint density at radius 2 is 2.37 bits per heavy atom. The first kappa shape index (κ1) is 14.3. The third kappa shape index (κ3) is 2.91. The van der Waals surface area contributed by atoms with Crippen LogP contribution in [0.1, 0.15) is 18.2 Å². The molecule has 0 saturated carbocycles. The van der Waals surface area contributed by atoms with Crippen molar-refractivity contribution in [2.75, 3.05) is 6.61 Å². The van der Waals surface area contributed by atoms with Gasteiger partial charge in [-0.25, -0.2) is 4.79 Å². The van der Waals surface area contributed by atoms with Crippen LogP contribution < -0.4 is 11.2 Å². The van der Waals surface area contributed by atoms with E-state index in [1.165, 1.54) is 10.8 Å². The summed E-state index contributed by atoms with van der Waals surface area (Å²) in [6.45, 7) is -0.119. The van der Waals surface area contributed by atoms with Crippen molar-refractivity contribution in [3.63, 3.8) is 0 Å². The SMILES string of the molecule is B/C=C/c1cn(C2CC(Br)C(CO)O2)c(=O)[nH]c1=O. The van der Waals surface area contributed by atoms with Gasteiger partial charge in [-0.1, -0.05) is 22.0 Å². The number of alkyl halides is 1.